The summed E-state index contributed by atoms with van der Waals surface area (Å²) in [6.07, 6.45) is 3.47. The number of carbonyl (C=O) groups excluding carboxylic acids is 2. The second-order valence-electron chi connectivity index (χ2n) is 13.4. The molecule has 1 amide bonds. The number of amides is 1. The average molecular weight is 687 g/mol. The first kappa shape index (κ1) is 36.2. The van der Waals surface area contributed by atoms with E-state index in [1.165, 1.54) is 7.11 Å². The number of carboxylic acids is 1. The molecule has 14 heteroatoms. The summed E-state index contributed by atoms with van der Waals surface area (Å²) in [6, 6.07) is 13.9. The highest BCUT2D eigenvalue weighted by atomic mass is 16.6. The van der Waals surface area contributed by atoms with E-state index < -0.39 is 11.6 Å². The lowest BCUT2D eigenvalue weighted by Gasteiger charge is -2.36. The Balaban J connectivity index is 0.000000231. The number of benzene rings is 1. The lowest BCUT2D eigenvalue weighted by Crippen LogP contribution is -2.55. The van der Waals surface area contributed by atoms with Crippen molar-refractivity contribution in [2.24, 2.45) is 0 Å². The molecule has 5 heterocycles. The number of aliphatic carboxylic acids is 1. The Morgan fingerprint density at radius 3 is 2.60 bits per heavy atom. The van der Waals surface area contributed by atoms with Crippen molar-refractivity contribution in [3.8, 4) is 22.6 Å². The number of esters is 1. The Bertz CT molecular complexity index is 1800. The minimum atomic E-state index is -0.788. The van der Waals surface area contributed by atoms with Crippen LogP contribution in [0, 0.1) is 6.92 Å². The molecule has 4 aromatic rings. The number of pyridine rings is 2. The second-order valence-corrected chi connectivity index (χ2v) is 13.4. The van der Waals surface area contributed by atoms with Gasteiger partial charge in [-0.25, -0.2) is 9.78 Å². The van der Waals surface area contributed by atoms with Crippen LogP contribution in [-0.2, 0) is 19.1 Å². The van der Waals surface area contributed by atoms with Crippen molar-refractivity contribution < 1.29 is 29.0 Å². The minimum absolute atomic E-state index is 0.0725. The number of carbonyl (C=O) groups is 3. The van der Waals surface area contributed by atoms with Crippen LogP contribution in [0.2, 0.25) is 0 Å². The van der Waals surface area contributed by atoms with E-state index in [1.54, 1.807) is 11.2 Å². The third-order valence-electron chi connectivity index (χ3n) is 8.37. The molecule has 0 bridgehead atoms. The summed E-state index contributed by atoms with van der Waals surface area (Å²) < 4.78 is 9.97. The molecule has 0 aliphatic carbocycles. The van der Waals surface area contributed by atoms with Crippen molar-refractivity contribution in [3.05, 3.63) is 60.7 Å². The van der Waals surface area contributed by atoms with Gasteiger partial charge in [0.05, 0.1) is 66.8 Å². The number of ether oxygens (including phenoxy) is 2. The van der Waals surface area contributed by atoms with E-state index in [2.05, 4.69) is 52.3 Å². The molecule has 2 fully saturated rings. The van der Waals surface area contributed by atoms with E-state index in [-0.39, 0.29) is 37.0 Å². The summed E-state index contributed by atoms with van der Waals surface area (Å²) in [7, 11) is 1.34. The van der Waals surface area contributed by atoms with E-state index in [0.717, 1.165) is 58.0 Å². The van der Waals surface area contributed by atoms with Gasteiger partial charge in [-0.1, -0.05) is 12.1 Å². The van der Waals surface area contributed by atoms with Crippen LogP contribution in [-0.4, -0.2) is 112 Å². The largest absolute Gasteiger partial charge is 0.481 e. The fourth-order valence-electron chi connectivity index (χ4n) is 6.02. The molecule has 3 aromatic heterocycles. The molecular formula is C36H46N8O6. The molecule has 2 aliphatic heterocycles. The molecular weight excluding hydrogens is 640 g/mol. The number of piperazine rings is 2. The van der Waals surface area contributed by atoms with Crippen molar-refractivity contribution in [1.29, 1.82) is 0 Å². The number of aryl methyl sites for hydroxylation is 1. The number of hydrogen-bond acceptors (Lipinski definition) is 11. The quantitative estimate of drug-likeness (QED) is 0.206. The van der Waals surface area contributed by atoms with Gasteiger partial charge in [-0.15, -0.1) is 0 Å². The van der Waals surface area contributed by atoms with Crippen LogP contribution in [0.4, 0.5) is 10.5 Å². The van der Waals surface area contributed by atoms with Crippen molar-refractivity contribution in [1.82, 2.24) is 35.5 Å². The van der Waals surface area contributed by atoms with Crippen molar-refractivity contribution in [2.45, 2.75) is 58.2 Å². The summed E-state index contributed by atoms with van der Waals surface area (Å²) in [5.41, 5.74) is 5.89. The highest BCUT2D eigenvalue weighted by Gasteiger charge is 2.32. The molecule has 0 saturated carbocycles. The van der Waals surface area contributed by atoms with Gasteiger partial charge in [0.1, 0.15) is 5.60 Å². The van der Waals surface area contributed by atoms with Crippen LogP contribution >= 0.6 is 0 Å². The van der Waals surface area contributed by atoms with Crippen molar-refractivity contribution in [2.75, 3.05) is 51.3 Å². The Hall–Kier alpha value is -5.08. The third-order valence-corrected chi connectivity index (χ3v) is 8.37. The average Bonchev–Trinajstić information content (AvgIpc) is 3.58. The summed E-state index contributed by atoms with van der Waals surface area (Å²) in [6.45, 7) is 11.5. The standard InChI is InChI=1S/C24H24N6O2.C12H22N2O4/c1-15-3-2-4-21(29-15)24-23(27-14-28-24)16-5-6-20-17(9-16)10-19(12-26-20)30-8-7-25-18(13-30)11-22(31)32;1-12(2,3)18-11(16)14-6-5-13-8-9(14)7-10(15)17-4/h2-6,9-10,12,14,18,25H,7-8,11,13H2,1H3,(H,27,28)(H,31,32);9,13H,5-8H2,1-4H3. The molecule has 4 N–H and O–H groups in total. The fourth-order valence-corrected chi connectivity index (χ4v) is 6.02. The molecule has 1 aromatic carbocycles. The van der Waals surface area contributed by atoms with Crippen LogP contribution in [0.3, 0.4) is 0 Å². The molecule has 2 atom stereocenters. The zero-order valence-electron chi connectivity index (χ0n) is 29.2. The first-order chi connectivity index (χ1) is 23.9. The SMILES string of the molecule is COC(=O)CC1CNCCN1C(=O)OC(C)(C)C.Cc1cccc(-c2[nH]cnc2-c2ccc3ncc(N4CCNC(CC(=O)O)C4)cc3c2)n1. The van der Waals surface area contributed by atoms with Gasteiger partial charge >= 0.3 is 18.0 Å². The fraction of sp³-hybridized carbons (Fsp3) is 0.444. The molecule has 0 spiro atoms. The Morgan fingerprint density at radius 2 is 1.86 bits per heavy atom. The maximum Gasteiger partial charge on any atom is 0.410 e. The number of carboxylic acid groups (broad SMARTS) is 1. The number of anilines is 1. The van der Waals surface area contributed by atoms with Gasteiger partial charge < -0.3 is 40.0 Å². The number of rotatable bonds is 7. The number of imidazole rings is 1. The highest BCUT2D eigenvalue weighted by Crippen LogP contribution is 2.31. The molecule has 14 nitrogen and oxygen atoms in total. The molecule has 6 rings (SSSR count). The van der Waals surface area contributed by atoms with Crippen LogP contribution < -0.4 is 15.5 Å². The number of nitrogens with one attached hydrogen (secondary N) is 3. The van der Waals surface area contributed by atoms with Crippen LogP contribution in [0.25, 0.3) is 33.5 Å². The number of methoxy groups -OCH3 is 1. The number of H-pyrrole nitrogens is 1. The predicted octanol–water partition coefficient (Wildman–Crippen LogP) is 4.01. The molecule has 2 aliphatic rings. The van der Waals surface area contributed by atoms with Crippen LogP contribution in [0.15, 0.2) is 55.0 Å². The molecule has 0 radical (unpaired) electrons. The third kappa shape index (κ3) is 9.54. The zero-order chi connectivity index (χ0) is 35.8. The second kappa shape index (κ2) is 16.1. The summed E-state index contributed by atoms with van der Waals surface area (Å²) >= 11 is 0. The zero-order valence-corrected chi connectivity index (χ0v) is 29.2. The van der Waals surface area contributed by atoms with E-state index in [0.29, 0.717) is 26.2 Å². The van der Waals surface area contributed by atoms with Crippen LogP contribution in [0.1, 0.15) is 39.3 Å². The first-order valence-corrected chi connectivity index (χ1v) is 16.7. The lowest BCUT2D eigenvalue weighted by molar-refractivity contribution is -0.142. The van der Waals surface area contributed by atoms with Gasteiger partial charge in [-0.3, -0.25) is 19.6 Å². The predicted molar refractivity (Wildman–Crippen MR) is 190 cm³/mol. The van der Waals surface area contributed by atoms with Crippen molar-refractivity contribution in [3.63, 3.8) is 0 Å². The van der Waals surface area contributed by atoms with Crippen molar-refractivity contribution >= 4 is 34.6 Å². The molecule has 2 saturated heterocycles. The molecule has 50 heavy (non-hydrogen) atoms. The van der Waals surface area contributed by atoms with Gasteiger partial charge in [0.25, 0.3) is 0 Å². The highest BCUT2D eigenvalue weighted by molar-refractivity contribution is 5.88. The van der Waals surface area contributed by atoms with E-state index in [1.807, 2.05) is 64.2 Å². The van der Waals surface area contributed by atoms with Crippen LogP contribution in [0.5, 0.6) is 0 Å². The maximum atomic E-state index is 12.0. The van der Waals surface area contributed by atoms with E-state index in [4.69, 9.17) is 9.84 Å². The van der Waals surface area contributed by atoms with Gasteiger partial charge in [0.15, 0.2) is 0 Å². The van der Waals surface area contributed by atoms with E-state index in [9.17, 15) is 14.4 Å². The number of hydrogen-bond donors (Lipinski definition) is 4. The lowest BCUT2D eigenvalue weighted by atomic mass is 10.0. The number of aromatic nitrogens is 4. The summed E-state index contributed by atoms with van der Waals surface area (Å²) in [5, 5.41) is 16.6. The number of fused-ring (bicyclic) bond motifs is 1. The summed E-state index contributed by atoms with van der Waals surface area (Å²) in [4.78, 5) is 55.3. The minimum Gasteiger partial charge on any atom is -0.481 e. The topological polar surface area (TPSA) is 175 Å². The maximum absolute atomic E-state index is 12.0. The van der Waals surface area contributed by atoms with Gasteiger partial charge in [-0.2, -0.15) is 0 Å². The van der Waals surface area contributed by atoms with Gasteiger partial charge in [0.2, 0.25) is 0 Å². The Kier molecular flexibility index (Phi) is 11.6. The van der Waals surface area contributed by atoms with Gasteiger partial charge in [0, 0.05) is 62.0 Å². The monoisotopic (exact) mass is 686 g/mol. The van der Waals surface area contributed by atoms with E-state index >= 15 is 0 Å². The first-order valence-electron chi connectivity index (χ1n) is 16.7. The molecule has 266 valence electrons. The van der Waals surface area contributed by atoms with Gasteiger partial charge in [-0.05, 0) is 58.0 Å². The Morgan fingerprint density at radius 1 is 1.04 bits per heavy atom. The smallest absolute Gasteiger partial charge is 0.410 e. The molecule has 2 unspecified atom stereocenters. The summed E-state index contributed by atoms with van der Waals surface area (Å²) in [5.74, 6) is -1.11. The normalized spacial score (nSPS) is 17.9. The number of nitrogens with zero attached hydrogens (tertiary/aromatic N) is 5. The Labute approximate surface area is 291 Å². The number of aromatic amines is 1.